The Kier molecular flexibility index (Phi) is 4.60. The summed E-state index contributed by atoms with van der Waals surface area (Å²) >= 11 is 0. The molecule has 2 aromatic carbocycles. The van der Waals surface area contributed by atoms with Crippen molar-refractivity contribution in [3.63, 3.8) is 0 Å². The van der Waals surface area contributed by atoms with Crippen LogP contribution < -0.4 is 16.0 Å². The van der Waals surface area contributed by atoms with E-state index in [9.17, 15) is 18.0 Å². The molecule has 0 atom stereocenters. The second kappa shape index (κ2) is 6.84. The van der Waals surface area contributed by atoms with Gasteiger partial charge in [0.05, 0.1) is 12.1 Å². The molecule has 5 nitrogen and oxygen atoms in total. The molecule has 3 rings (SSSR count). The summed E-state index contributed by atoms with van der Waals surface area (Å²) in [5, 5.41) is 8.12. The third kappa shape index (κ3) is 4.28. The number of amidine groups is 1. The maximum atomic E-state index is 12.7. The van der Waals surface area contributed by atoms with E-state index in [1.54, 1.807) is 18.2 Å². The van der Waals surface area contributed by atoms with Crippen LogP contribution in [0.5, 0.6) is 0 Å². The van der Waals surface area contributed by atoms with Gasteiger partial charge in [-0.15, -0.1) is 0 Å². The smallest absolute Gasteiger partial charge is 0.368 e. The molecule has 8 heteroatoms. The van der Waals surface area contributed by atoms with Crippen molar-refractivity contribution in [1.29, 1.82) is 0 Å². The number of nitrogens with zero attached hydrogens (tertiary/aromatic N) is 1. The summed E-state index contributed by atoms with van der Waals surface area (Å²) in [7, 11) is 0. The number of hydrogen-bond donors (Lipinski definition) is 3. The van der Waals surface area contributed by atoms with Gasteiger partial charge in [0, 0.05) is 23.5 Å². The van der Waals surface area contributed by atoms with Gasteiger partial charge < -0.3 is 16.0 Å². The van der Waals surface area contributed by atoms with Crippen LogP contribution in [-0.4, -0.2) is 25.0 Å². The number of carbonyl (C=O) groups excluding carboxylic acids is 1. The lowest BCUT2D eigenvalue weighted by Crippen LogP contribution is -2.21. The minimum Gasteiger partial charge on any atom is -0.368 e. The van der Waals surface area contributed by atoms with E-state index in [0.29, 0.717) is 12.2 Å². The van der Waals surface area contributed by atoms with Crippen LogP contribution in [0.3, 0.4) is 0 Å². The molecule has 2 amide bonds. The molecule has 1 aliphatic heterocycles. The summed E-state index contributed by atoms with van der Waals surface area (Å²) in [5.74, 6) is 0.752. The van der Waals surface area contributed by atoms with Gasteiger partial charge in [-0.25, -0.2) is 4.79 Å². The van der Waals surface area contributed by atoms with E-state index in [0.717, 1.165) is 30.1 Å². The SMILES string of the molecule is O=C(Nc1cccc(C2=NCCN2)c1)Nc1cccc(C(F)(F)F)c1. The van der Waals surface area contributed by atoms with E-state index in [1.165, 1.54) is 12.1 Å². The number of aliphatic imine (C=N–C) groups is 1. The number of rotatable bonds is 3. The van der Waals surface area contributed by atoms with Gasteiger partial charge in [0.1, 0.15) is 5.84 Å². The van der Waals surface area contributed by atoms with Gasteiger partial charge >= 0.3 is 12.2 Å². The predicted molar refractivity (Wildman–Crippen MR) is 89.9 cm³/mol. The first kappa shape index (κ1) is 16.8. The maximum Gasteiger partial charge on any atom is 0.416 e. The first-order chi connectivity index (χ1) is 11.9. The number of alkyl halides is 3. The lowest BCUT2D eigenvalue weighted by molar-refractivity contribution is -0.137. The molecule has 0 fully saturated rings. The van der Waals surface area contributed by atoms with Crippen molar-refractivity contribution in [3.05, 3.63) is 59.7 Å². The molecule has 0 aromatic heterocycles. The highest BCUT2D eigenvalue weighted by atomic mass is 19.4. The summed E-state index contributed by atoms with van der Waals surface area (Å²) in [6.45, 7) is 1.46. The number of urea groups is 1. The van der Waals surface area contributed by atoms with Crippen LogP contribution in [0, 0.1) is 0 Å². The van der Waals surface area contributed by atoms with Crippen molar-refractivity contribution in [2.24, 2.45) is 4.99 Å². The molecule has 0 saturated heterocycles. The summed E-state index contributed by atoms with van der Waals surface area (Å²) in [4.78, 5) is 16.3. The Morgan fingerprint density at radius 1 is 1.04 bits per heavy atom. The topological polar surface area (TPSA) is 65.5 Å². The number of anilines is 2. The molecule has 1 aliphatic rings. The molecule has 3 N–H and O–H groups in total. The fourth-order valence-electron chi connectivity index (χ4n) is 2.40. The zero-order valence-electron chi connectivity index (χ0n) is 13.0. The van der Waals surface area contributed by atoms with Gasteiger partial charge in [-0.05, 0) is 30.3 Å². The van der Waals surface area contributed by atoms with Gasteiger partial charge in [0.25, 0.3) is 0 Å². The summed E-state index contributed by atoms with van der Waals surface area (Å²) in [6.07, 6.45) is -4.46. The van der Waals surface area contributed by atoms with E-state index < -0.39 is 17.8 Å². The van der Waals surface area contributed by atoms with Crippen LogP contribution >= 0.6 is 0 Å². The molecule has 130 valence electrons. The highest BCUT2D eigenvalue weighted by molar-refractivity contribution is 6.03. The number of carbonyl (C=O) groups is 1. The van der Waals surface area contributed by atoms with Crippen molar-refractivity contribution in [3.8, 4) is 0 Å². The van der Waals surface area contributed by atoms with Gasteiger partial charge in [0.15, 0.2) is 0 Å². The Morgan fingerprint density at radius 3 is 2.36 bits per heavy atom. The average Bonchev–Trinajstić information content (AvgIpc) is 3.09. The van der Waals surface area contributed by atoms with Crippen molar-refractivity contribution in [2.75, 3.05) is 23.7 Å². The zero-order chi connectivity index (χ0) is 17.9. The highest BCUT2D eigenvalue weighted by Gasteiger charge is 2.30. The van der Waals surface area contributed by atoms with Crippen molar-refractivity contribution < 1.29 is 18.0 Å². The number of halogens is 3. The van der Waals surface area contributed by atoms with Crippen LogP contribution in [0.4, 0.5) is 29.3 Å². The maximum absolute atomic E-state index is 12.7. The van der Waals surface area contributed by atoms with E-state index in [2.05, 4.69) is 20.9 Å². The molecule has 0 bridgehead atoms. The van der Waals surface area contributed by atoms with Crippen molar-refractivity contribution in [2.45, 2.75) is 6.18 Å². The lowest BCUT2D eigenvalue weighted by atomic mass is 10.2. The monoisotopic (exact) mass is 348 g/mol. The highest BCUT2D eigenvalue weighted by Crippen LogP contribution is 2.30. The largest absolute Gasteiger partial charge is 0.416 e. The Morgan fingerprint density at radius 2 is 1.72 bits per heavy atom. The first-order valence-corrected chi connectivity index (χ1v) is 7.56. The van der Waals surface area contributed by atoms with Crippen LogP contribution in [-0.2, 0) is 6.18 Å². The second-order valence-electron chi connectivity index (χ2n) is 5.40. The van der Waals surface area contributed by atoms with Gasteiger partial charge in [-0.1, -0.05) is 18.2 Å². The van der Waals surface area contributed by atoms with Gasteiger partial charge in [0.2, 0.25) is 0 Å². The Labute approximate surface area is 142 Å². The molecule has 0 radical (unpaired) electrons. The standard InChI is InChI=1S/C17H15F3N4O/c18-17(19,20)12-4-2-6-14(10-12)24-16(25)23-13-5-1-3-11(9-13)15-21-7-8-22-15/h1-6,9-10H,7-8H2,(H,21,22)(H2,23,24,25). The molecule has 0 aliphatic carbocycles. The molecular weight excluding hydrogens is 333 g/mol. The number of hydrogen-bond acceptors (Lipinski definition) is 3. The second-order valence-corrected chi connectivity index (χ2v) is 5.40. The third-order valence-corrected chi connectivity index (χ3v) is 3.52. The predicted octanol–water partition coefficient (Wildman–Crippen LogP) is 3.70. The minimum absolute atomic E-state index is 0.0605. The molecule has 0 spiro atoms. The minimum atomic E-state index is -4.46. The Bertz CT molecular complexity index is 818. The van der Waals surface area contributed by atoms with Crippen molar-refractivity contribution >= 4 is 23.2 Å². The quantitative estimate of drug-likeness (QED) is 0.792. The molecule has 0 unspecified atom stereocenters. The van der Waals surface area contributed by atoms with E-state index in [1.807, 2.05) is 6.07 Å². The molecular formula is C17H15F3N4O. The molecule has 0 saturated carbocycles. The number of nitrogens with one attached hydrogen (secondary N) is 3. The Hall–Kier alpha value is -3.03. The Balaban J connectivity index is 1.68. The number of benzene rings is 2. The van der Waals surface area contributed by atoms with E-state index in [4.69, 9.17) is 0 Å². The zero-order valence-corrected chi connectivity index (χ0v) is 13.0. The number of amides is 2. The summed E-state index contributed by atoms with van der Waals surface area (Å²) < 4.78 is 38.1. The fraction of sp³-hybridized carbons (Fsp3) is 0.176. The molecule has 25 heavy (non-hydrogen) atoms. The van der Waals surface area contributed by atoms with Crippen LogP contribution in [0.2, 0.25) is 0 Å². The first-order valence-electron chi connectivity index (χ1n) is 7.56. The molecule has 1 heterocycles. The normalized spacial score (nSPS) is 13.8. The van der Waals surface area contributed by atoms with Crippen LogP contribution in [0.25, 0.3) is 0 Å². The fourth-order valence-corrected chi connectivity index (χ4v) is 2.40. The lowest BCUT2D eigenvalue weighted by Gasteiger charge is -2.11. The average molecular weight is 348 g/mol. The van der Waals surface area contributed by atoms with Gasteiger partial charge in [-0.2, -0.15) is 13.2 Å². The van der Waals surface area contributed by atoms with Crippen LogP contribution in [0.1, 0.15) is 11.1 Å². The summed E-state index contributed by atoms with van der Waals surface area (Å²) in [5.41, 5.74) is 0.579. The van der Waals surface area contributed by atoms with E-state index in [-0.39, 0.29) is 5.69 Å². The summed E-state index contributed by atoms with van der Waals surface area (Å²) in [6, 6.07) is 10.9. The van der Waals surface area contributed by atoms with E-state index >= 15 is 0 Å². The van der Waals surface area contributed by atoms with Crippen LogP contribution in [0.15, 0.2) is 53.5 Å². The third-order valence-electron chi connectivity index (χ3n) is 3.52. The molecule has 2 aromatic rings. The van der Waals surface area contributed by atoms with Crippen molar-refractivity contribution in [1.82, 2.24) is 5.32 Å². The van der Waals surface area contributed by atoms with Gasteiger partial charge in [-0.3, -0.25) is 4.99 Å².